The summed E-state index contributed by atoms with van der Waals surface area (Å²) in [7, 11) is 0. The minimum Gasteiger partial charge on any atom is -0.507 e. The van der Waals surface area contributed by atoms with Crippen molar-refractivity contribution >= 4 is 6.29 Å². The highest BCUT2D eigenvalue weighted by Gasteiger charge is 2.02. The molecule has 0 bridgehead atoms. The zero-order chi connectivity index (χ0) is 12.3. The first kappa shape index (κ1) is 11.4. The number of carbonyl (C=O) groups is 1. The highest BCUT2D eigenvalue weighted by Crippen LogP contribution is 2.18. The number of hydrogen-bond donors (Lipinski definition) is 1. The molecule has 0 atom stereocenters. The Bertz CT molecular complexity index is 527. The van der Waals surface area contributed by atoms with Gasteiger partial charge >= 0.3 is 0 Å². The van der Waals surface area contributed by atoms with Crippen LogP contribution in [0.25, 0.3) is 0 Å². The molecule has 86 valence electrons. The second-order valence-corrected chi connectivity index (χ2v) is 4.17. The van der Waals surface area contributed by atoms with E-state index in [9.17, 15) is 9.90 Å². The SMILES string of the molecule is Cc1ccc(Cc2ccc(O)c(C=O)c2)cc1. The summed E-state index contributed by atoms with van der Waals surface area (Å²) in [6.07, 6.45) is 1.44. The van der Waals surface area contributed by atoms with Crippen molar-refractivity contribution in [1.29, 1.82) is 0 Å². The number of phenolic OH excluding ortho intramolecular Hbond substituents is 1. The van der Waals surface area contributed by atoms with Crippen LogP contribution in [0.15, 0.2) is 42.5 Å². The lowest BCUT2D eigenvalue weighted by Crippen LogP contribution is -1.90. The maximum atomic E-state index is 10.7. The second kappa shape index (κ2) is 4.83. The molecule has 0 aliphatic carbocycles. The molecular formula is C15H14O2. The first-order valence-corrected chi connectivity index (χ1v) is 5.51. The van der Waals surface area contributed by atoms with Gasteiger partial charge in [0.15, 0.2) is 6.29 Å². The molecule has 1 N–H and O–H groups in total. The van der Waals surface area contributed by atoms with Gasteiger partial charge in [-0.2, -0.15) is 0 Å². The normalized spacial score (nSPS) is 10.2. The third-order valence-corrected chi connectivity index (χ3v) is 2.75. The molecule has 2 heteroatoms. The van der Waals surface area contributed by atoms with Gasteiger partial charge in [0.05, 0.1) is 5.56 Å². The van der Waals surface area contributed by atoms with Crippen molar-refractivity contribution in [3.8, 4) is 5.75 Å². The van der Waals surface area contributed by atoms with Gasteiger partial charge in [-0.1, -0.05) is 35.9 Å². The van der Waals surface area contributed by atoms with Crippen molar-refractivity contribution in [3.63, 3.8) is 0 Å². The van der Waals surface area contributed by atoms with Gasteiger partial charge in [-0.15, -0.1) is 0 Å². The Hall–Kier alpha value is -2.09. The predicted octanol–water partition coefficient (Wildman–Crippen LogP) is 3.10. The van der Waals surface area contributed by atoms with Gasteiger partial charge in [0, 0.05) is 0 Å². The summed E-state index contributed by atoms with van der Waals surface area (Å²) in [5.41, 5.74) is 3.79. The smallest absolute Gasteiger partial charge is 0.153 e. The molecule has 2 aromatic carbocycles. The lowest BCUT2D eigenvalue weighted by Gasteiger charge is -2.04. The van der Waals surface area contributed by atoms with E-state index in [-0.39, 0.29) is 5.75 Å². The minimum atomic E-state index is 0.0349. The Labute approximate surface area is 101 Å². The van der Waals surface area contributed by atoms with Crippen LogP contribution in [0, 0.1) is 6.92 Å². The molecule has 0 spiro atoms. The topological polar surface area (TPSA) is 37.3 Å². The number of aldehydes is 1. The molecule has 0 aliphatic rings. The number of aromatic hydroxyl groups is 1. The molecule has 0 amide bonds. The molecule has 0 heterocycles. The van der Waals surface area contributed by atoms with Crippen LogP contribution in [0.4, 0.5) is 0 Å². The number of phenols is 1. The van der Waals surface area contributed by atoms with Crippen LogP contribution in [-0.4, -0.2) is 11.4 Å². The molecule has 0 saturated heterocycles. The number of aryl methyl sites for hydroxylation is 1. The van der Waals surface area contributed by atoms with Crippen LogP contribution in [0.1, 0.15) is 27.0 Å². The molecule has 0 radical (unpaired) electrons. The molecule has 0 aromatic heterocycles. The Morgan fingerprint density at radius 2 is 1.71 bits per heavy atom. The summed E-state index contributed by atoms with van der Waals surface area (Å²) in [5.74, 6) is 0.0349. The number of hydrogen-bond acceptors (Lipinski definition) is 2. The zero-order valence-corrected chi connectivity index (χ0v) is 9.68. The average Bonchev–Trinajstić information content (AvgIpc) is 2.34. The summed E-state index contributed by atoms with van der Waals surface area (Å²) < 4.78 is 0. The second-order valence-electron chi connectivity index (χ2n) is 4.17. The van der Waals surface area contributed by atoms with Crippen molar-refractivity contribution in [1.82, 2.24) is 0 Å². The van der Waals surface area contributed by atoms with Crippen LogP contribution in [0.2, 0.25) is 0 Å². The highest BCUT2D eigenvalue weighted by atomic mass is 16.3. The third kappa shape index (κ3) is 2.72. The van der Waals surface area contributed by atoms with Gasteiger partial charge in [0.2, 0.25) is 0 Å². The van der Waals surface area contributed by atoms with E-state index in [1.165, 1.54) is 11.1 Å². The summed E-state index contributed by atoms with van der Waals surface area (Å²) >= 11 is 0. The molecule has 0 fully saturated rings. The van der Waals surface area contributed by atoms with Crippen molar-refractivity contribution in [2.24, 2.45) is 0 Å². The first-order valence-electron chi connectivity index (χ1n) is 5.51. The Morgan fingerprint density at radius 1 is 1.06 bits per heavy atom. The quantitative estimate of drug-likeness (QED) is 0.816. The molecule has 0 aliphatic heterocycles. The van der Waals surface area contributed by atoms with Gasteiger partial charge in [-0.3, -0.25) is 4.79 Å². The van der Waals surface area contributed by atoms with Crippen LogP contribution in [0.5, 0.6) is 5.75 Å². The fourth-order valence-electron chi connectivity index (χ4n) is 1.75. The van der Waals surface area contributed by atoms with Gasteiger partial charge in [-0.25, -0.2) is 0 Å². The van der Waals surface area contributed by atoms with Gasteiger partial charge in [0.1, 0.15) is 5.75 Å². The van der Waals surface area contributed by atoms with Gasteiger partial charge < -0.3 is 5.11 Å². The van der Waals surface area contributed by atoms with Gasteiger partial charge in [0.25, 0.3) is 0 Å². The average molecular weight is 226 g/mol. The number of carbonyl (C=O) groups excluding carboxylic acids is 1. The van der Waals surface area contributed by atoms with Gasteiger partial charge in [-0.05, 0) is 36.6 Å². The molecule has 2 nitrogen and oxygen atoms in total. The fourth-order valence-corrected chi connectivity index (χ4v) is 1.75. The van der Waals surface area contributed by atoms with Crippen molar-refractivity contribution in [2.75, 3.05) is 0 Å². The molecule has 17 heavy (non-hydrogen) atoms. The van der Waals surface area contributed by atoms with E-state index in [0.717, 1.165) is 12.0 Å². The number of rotatable bonds is 3. The van der Waals surface area contributed by atoms with E-state index in [1.54, 1.807) is 12.1 Å². The van der Waals surface area contributed by atoms with Crippen LogP contribution >= 0.6 is 0 Å². The minimum absolute atomic E-state index is 0.0349. The van der Waals surface area contributed by atoms with E-state index >= 15 is 0 Å². The van der Waals surface area contributed by atoms with Crippen LogP contribution in [0.3, 0.4) is 0 Å². The maximum Gasteiger partial charge on any atom is 0.153 e. The van der Waals surface area contributed by atoms with E-state index in [1.807, 2.05) is 6.07 Å². The lowest BCUT2D eigenvalue weighted by atomic mass is 10.0. The fraction of sp³-hybridized carbons (Fsp3) is 0.133. The third-order valence-electron chi connectivity index (χ3n) is 2.75. The van der Waals surface area contributed by atoms with Crippen molar-refractivity contribution in [2.45, 2.75) is 13.3 Å². The molecule has 2 rings (SSSR count). The van der Waals surface area contributed by atoms with E-state index < -0.39 is 0 Å². The summed E-state index contributed by atoms with van der Waals surface area (Å²) in [6.45, 7) is 2.05. The van der Waals surface area contributed by atoms with Crippen LogP contribution < -0.4 is 0 Å². The largest absolute Gasteiger partial charge is 0.507 e. The Kier molecular flexibility index (Phi) is 3.24. The van der Waals surface area contributed by atoms with Crippen molar-refractivity contribution < 1.29 is 9.90 Å². The van der Waals surface area contributed by atoms with Crippen molar-refractivity contribution in [3.05, 3.63) is 64.7 Å². The van der Waals surface area contributed by atoms with E-state index in [2.05, 4.69) is 31.2 Å². The monoisotopic (exact) mass is 226 g/mol. The summed E-state index contributed by atoms with van der Waals surface area (Å²) in [5, 5.41) is 9.41. The summed E-state index contributed by atoms with van der Waals surface area (Å²) in [6, 6.07) is 13.4. The van der Waals surface area contributed by atoms with Crippen LogP contribution in [-0.2, 0) is 6.42 Å². The maximum absolute atomic E-state index is 10.7. The standard InChI is InChI=1S/C15H14O2/c1-11-2-4-12(5-3-11)8-13-6-7-15(17)14(9-13)10-16/h2-7,9-10,17H,8H2,1H3. The first-order chi connectivity index (χ1) is 8.19. The molecular weight excluding hydrogens is 212 g/mol. The Balaban J connectivity index is 2.24. The summed E-state index contributed by atoms with van der Waals surface area (Å²) in [4.78, 5) is 10.7. The highest BCUT2D eigenvalue weighted by molar-refractivity contribution is 5.79. The zero-order valence-electron chi connectivity index (χ0n) is 9.68. The molecule has 0 saturated carbocycles. The Morgan fingerprint density at radius 3 is 2.35 bits per heavy atom. The molecule has 0 unspecified atom stereocenters. The van der Waals surface area contributed by atoms with E-state index in [0.29, 0.717) is 11.8 Å². The lowest BCUT2D eigenvalue weighted by molar-refractivity contribution is 0.112. The number of benzene rings is 2. The predicted molar refractivity (Wildman–Crippen MR) is 67.5 cm³/mol. The molecule has 2 aromatic rings. The van der Waals surface area contributed by atoms with E-state index in [4.69, 9.17) is 0 Å².